The van der Waals surface area contributed by atoms with Crippen molar-refractivity contribution in [3.8, 4) is 11.4 Å². The molecule has 2 aromatic heterocycles. The van der Waals surface area contributed by atoms with Gasteiger partial charge < -0.3 is 4.98 Å². The first-order valence-electron chi connectivity index (χ1n) is 10.6. The summed E-state index contributed by atoms with van der Waals surface area (Å²) in [4.78, 5) is 20.8. The molecule has 0 spiro atoms. The van der Waals surface area contributed by atoms with Gasteiger partial charge in [-0.25, -0.2) is 9.50 Å². The fraction of sp³-hybridized carbons (Fsp3) is 0.522. The fourth-order valence-corrected chi connectivity index (χ4v) is 4.83. The maximum absolute atomic E-state index is 12.9. The van der Waals surface area contributed by atoms with Crippen molar-refractivity contribution in [1.29, 1.82) is 0 Å². The molecule has 4 rings (SSSR count). The van der Waals surface area contributed by atoms with Crippen LogP contribution >= 0.6 is 15.9 Å². The maximum Gasteiger partial charge on any atom is 0.277 e. The van der Waals surface area contributed by atoms with E-state index in [4.69, 9.17) is 10.1 Å². The molecule has 0 radical (unpaired) electrons. The number of H-pyrrole nitrogens is 1. The summed E-state index contributed by atoms with van der Waals surface area (Å²) in [6, 6.07) is 7.83. The first-order chi connectivity index (χ1) is 13.8. The number of fused-ring (bicyclic) bond motifs is 1. The Morgan fingerprint density at radius 2 is 1.79 bits per heavy atom. The molecule has 1 aliphatic rings. The smallest absolute Gasteiger partial charge is 0.277 e. The summed E-state index contributed by atoms with van der Waals surface area (Å²) >= 11 is 3.46. The van der Waals surface area contributed by atoms with Gasteiger partial charge in [0, 0.05) is 16.0 Å². The van der Waals surface area contributed by atoms with Crippen LogP contribution in [-0.2, 0) is 6.42 Å². The highest BCUT2D eigenvalue weighted by atomic mass is 79.9. The predicted molar refractivity (Wildman–Crippen MR) is 120 cm³/mol. The number of nitrogens with zero attached hydrogens (tertiary/aromatic N) is 3. The normalized spacial score (nSPS) is 20.3. The monoisotopic (exact) mass is 456 g/mol. The van der Waals surface area contributed by atoms with Crippen LogP contribution in [0.4, 0.5) is 0 Å². The lowest BCUT2D eigenvalue weighted by molar-refractivity contribution is 0.167. The van der Waals surface area contributed by atoms with Gasteiger partial charge in [-0.05, 0) is 55.6 Å². The van der Waals surface area contributed by atoms with Gasteiger partial charge in [-0.3, -0.25) is 4.79 Å². The first kappa shape index (κ1) is 20.3. The highest BCUT2D eigenvalue weighted by molar-refractivity contribution is 9.10. The van der Waals surface area contributed by atoms with Crippen LogP contribution in [0.5, 0.6) is 0 Å². The molecule has 0 bridgehead atoms. The molecule has 3 aromatic rings. The summed E-state index contributed by atoms with van der Waals surface area (Å²) < 4.78 is 2.83. The van der Waals surface area contributed by atoms with E-state index in [1.807, 2.05) is 35.7 Å². The van der Waals surface area contributed by atoms with Crippen LogP contribution in [0.25, 0.3) is 16.9 Å². The topological polar surface area (TPSA) is 63.1 Å². The lowest BCUT2D eigenvalue weighted by Crippen LogP contribution is -2.26. The Balaban J connectivity index is 1.76. The fourth-order valence-electron chi connectivity index (χ4n) is 4.56. The molecule has 0 aliphatic heterocycles. The number of aromatic nitrogens is 4. The van der Waals surface area contributed by atoms with Gasteiger partial charge in [-0.1, -0.05) is 55.8 Å². The van der Waals surface area contributed by atoms with E-state index < -0.39 is 0 Å². The van der Waals surface area contributed by atoms with E-state index in [1.54, 1.807) is 0 Å². The van der Waals surface area contributed by atoms with Crippen molar-refractivity contribution in [1.82, 2.24) is 19.6 Å². The maximum atomic E-state index is 12.9. The van der Waals surface area contributed by atoms with E-state index in [0.29, 0.717) is 22.7 Å². The second-order valence-corrected chi connectivity index (χ2v) is 10.2. The average molecular weight is 457 g/mol. The molecule has 1 N–H and O–H groups in total. The summed E-state index contributed by atoms with van der Waals surface area (Å²) in [6.07, 6.45) is 5.34. The van der Waals surface area contributed by atoms with Crippen LogP contribution in [-0.4, -0.2) is 19.6 Å². The lowest BCUT2D eigenvalue weighted by atomic mass is 9.70. The van der Waals surface area contributed by atoms with E-state index >= 15 is 0 Å². The minimum Gasteiger partial charge on any atom is -0.303 e. The van der Waals surface area contributed by atoms with E-state index in [0.717, 1.165) is 46.7 Å². The molecule has 1 fully saturated rings. The quantitative estimate of drug-likeness (QED) is 0.547. The molecule has 2 heterocycles. The van der Waals surface area contributed by atoms with Gasteiger partial charge in [0.15, 0.2) is 11.3 Å². The molecular weight excluding hydrogens is 428 g/mol. The van der Waals surface area contributed by atoms with E-state index in [9.17, 15) is 4.79 Å². The van der Waals surface area contributed by atoms with Gasteiger partial charge >= 0.3 is 0 Å². The Bertz CT molecular complexity index is 1070. The van der Waals surface area contributed by atoms with E-state index in [1.165, 1.54) is 12.8 Å². The second-order valence-electron chi connectivity index (χ2n) is 9.25. The van der Waals surface area contributed by atoms with Crippen LogP contribution in [0.3, 0.4) is 0 Å². The van der Waals surface area contributed by atoms with Gasteiger partial charge in [-0.15, -0.1) is 5.10 Å². The third kappa shape index (κ3) is 3.91. The van der Waals surface area contributed by atoms with Crippen molar-refractivity contribution >= 4 is 21.4 Å². The van der Waals surface area contributed by atoms with Crippen molar-refractivity contribution < 1.29 is 0 Å². The highest BCUT2D eigenvalue weighted by Crippen LogP contribution is 2.43. The van der Waals surface area contributed by atoms with Crippen LogP contribution in [0.2, 0.25) is 0 Å². The minimum atomic E-state index is -0.114. The molecule has 0 unspecified atom stereocenters. The standard InChI is InChI=1S/C23H29BrN4O/c1-5-18-19-22(29)26-20(14-8-12-17(24)13-9-14)27-28(19)21(25-18)15-6-10-16(11-7-15)23(2,3)4/h8-9,12-13,15-16H,5-7,10-11H2,1-4H3,(H,26,27,29). The summed E-state index contributed by atoms with van der Waals surface area (Å²) in [6.45, 7) is 9.06. The van der Waals surface area contributed by atoms with Crippen LogP contribution in [0.1, 0.15) is 70.8 Å². The van der Waals surface area contributed by atoms with Crippen molar-refractivity contribution in [2.24, 2.45) is 11.3 Å². The molecule has 0 amide bonds. The van der Waals surface area contributed by atoms with Crippen LogP contribution in [0.15, 0.2) is 33.5 Å². The van der Waals surface area contributed by atoms with Crippen molar-refractivity contribution in [3.63, 3.8) is 0 Å². The molecular formula is C23H29BrN4O. The van der Waals surface area contributed by atoms with Gasteiger partial charge in [0.1, 0.15) is 5.82 Å². The third-order valence-corrected chi connectivity index (χ3v) is 6.90. The highest BCUT2D eigenvalue weighted by Gasteiger charge is 2.32. The number of halogens is 1. The Morgan fingerprint density at radius 1 is 1.14 bits per heavy atom. The van der Waals surface area contributed by atoms with E-state index in [-0.39, 0.29) is 5.56 Å². The Hall–Kier alpha value is -1.95. The number of hydrogen-bond donors (Lipinski definition) is 1. The predicted octanol–water partition coefficient (Wildman–Crippen LogP) is 5.73. The zero-order valence-corrected chi connectivity index (χ0v) is 19.2. The molecule has 0 atom stereocenters. The minimum absolute atomic E-state index is 0.114. The molecule has 1 saturated carbocycles. The lowest BCUT2D eigenvalue weighted by Gasteiger charge is -2.36. The number of imidazole rings is 1. The van der Waals surface area contributed by atoms with E-state index in [2.05, 4.69) is 41.7 Å². The zero-order chi connectivity index (χ0) is 20.8. The van der Waals surface area contributed by atoms with Crippen LogP contribution in [0, 0.1) is 11.3 Å². The number of benzene rings is 1. The van der Waals surface area contributed by atoms with Gasteiger partial charge in [-0.2, -0.15) is 0 Å². The molecule has 1 aliphatic carbocycles. The summed E-state index contributed by atoms with van der Waals surface area (Å²) in [5.41, 5.74) is 2.56. The Kier molecular flexibility index (Phi) is 5.40. The largest absolute Gasteiger partial charge is 0.303 e. The van der Waals surface area contributed by atoms with Gasteiger partial charge in [0.05, 0.1) is 5.69 Å². The van der Waals surface area contributed by atoms with Crippen LogP contribution < -0.4 is 5.56 Å². The molecule has 154 valence electrons. The number of aryl methyl sites for hydroxylation is 1. The molecule has 5 nitrogen and oxygen atoms in total. The molecule has 1 aromatic carbocycles. The van der Waals surface area contributed by atoms with Crippen molar-refractivity contribution in [2.75, 3.05) is 0 Å². The average Bonchev–Trinajstić information content (AvgIpc) is 3.07. The molecule has 29 heavy (non-hydrogen) atoms. The number of aromatic amines is 1. The summed E-state index contributed by atoms with van der Waals surface area (Å²) in [5.74, 6) is 2.63. The SMILES string of the molecule is CCc1nc(C2CCC(C(C)(C)C)CC2)n2nc(-c3ccc(Br)cc3)[nH]c(=O)c12. The summed E-state index contributed by atoms with van der Waals surface area (Å²) in [5, 5.41) is 4.83. The second kappa shape index (κ2) is 7.71. The number of hydrogen-bond acceptors (Lipinski definition) is 3. The van der Waals surface area contributed by atoms with Crippen molar-refractivity contribution in [2.45, 2.75) is 65.7 Å². The molecule has 6 heteroatoms. The molecule has 0 saturated heterocycles. The number of rotatable bonds is 3. The van der Waals surface area contributed by atoms with Crippen molar-refractivity contribution in [3.05, 3.63) is 50.6 Å². The Labute approximate surface area is 180 Å². The number of nitrogens with one attached hydrogen (secondary N) is 1. The van der Waals surface area contributed by atoms with Gasteiger partial charge in [0.2, 0.25) is 0 Å². The third-order valence-electron chi connectivity index (χ3n) is 6.37. The summed E-state index contributed by atoms with van der Waals surface area (Å²) in [7, 11) is 0. The zero-order valence-electron chi connectivity index (χ0n) is 17.6. The van der Waals surface area contributed by atoms with Gasteiger partial charge in [0.25, 0.3) is 5.56 Å². The first-order valence-corrected chi connectivity index (χ1v) is 11.3. The Morgan fingerprint density at radius 3 is 2.38 bits per heavy atom.